The molecular weight excluding hydrogens is 476 g/mol. The van der Waals surface area contributed by atoms with Crippen molar-refractivity contribution in [2.45, 2.75) is 46.3 Å². The van der Waals surface area contributed by atoms with Crippen LogP contribution in [0.5, 0.6) is 11.5 Å². The summed E-state index contributed by atoms with van der Waals surface area (Å²) in [6.45, 7) is 7.76. The second-order valence-corrected chi connectivity index (χ2v) is 8.75. The van der Waals surface area contributed by atoms with Crippen molar-refractivity contribution in [1.82, 2.24) is 10.2 Å². The Morgan fingerprint density at radius 2 is 1.76 bits per heavy atom. The molecule has 0 bridgehead atoms. The molecule has 2 aromatic rings. The molecule has 37 heavy (non-hydrogen) atoms. The smallest absolute Gasteiger partial charge is 0.338 e. The molecular formula is C27H34N4O6. The summed E-state index contributed by atoms with van der Waals surface area (Å²) in [5.41, 5.74) is 2.63. The molecule has 4 amide bonds. The maximum atomic E-state index is 13.0. The van der Waals surface area contributed by atoms with Gasteiger partial charge in [0, 0.05) is 24.0 Å². The zero-order chi connectivity index (χ0) is 27.1. The van der Waals surface area contributed by atoms with Crippen molar-refractivity contribution in [3.63, 3.8) is 0 Å². The van der Waals surface area contributed by atoms with E-state index in [0.717, 1.165) is 6.42 Å². The number of methoxy groups -OCH3 is 2. The molecule has 3 N–H and O–H groups in total. The molecule has 0 aliphatic carbocycles. The third-order valence-electron chi connectivity index (χ3n) is 5.76. The summed E-state index contributed by atoms with van der Waals surface area (Å²) in [6.07, 6.45) is 0.437. The van der Waals surface area contributed by atoms with E-state index >= 15 is 0 Å². The van der Waals surface area contributed by atoms with Gasteiger partial charge in [0.05, 0.1) is 37.6 Å². The lowest BCUT2D eigenvalue weighted by atomic mass is 9.94. The molecule has 1 unspecified atom stereocenters. The maximum Gasteiger partial charge on any atom is 0.338 e. The Kier molecular flexibility index (Phi) is 9.00. The molecule has 3 rings (SSSR count). The van der Waals surface area contributed by atoms with Crippen LogP contribution in [-0.2, 0) is 9.53 Å². The number of hydrogen-bond acceptors (Lipinski definition) is 6. The quantitative estimate of drug-likeness (QED) is 0.406. The third kappa shape index (κ3) is 6.52. The number of nitrogens with zero attached hydrogens (tertiary/aromatic N) is 1. The predicted molar refractivity (Wildman–Crippen MR) is 141 cm³/mol. The topological polar surface area (TPSA) is 118 Å². The van der Waals surface area contributed by atoms with Crippen molar-refractivity contribution in [2.75, 3.05) is 31.4 Å². The number of carbonyl (C=O) groups excluding carboxylic acids is 3. The zero-order valence-corrected chi connectivity index (χ0v) is 22.0. The Hall–Kier alpha value is -4.21. The Labute approximate surface area is 217 Å². The molecule has 1 heterocycles. The molecule has 0 fully saturated rings. The molecule has 0 saturated heterocycles. The maximum absolute atomic E-state index is 13.0. The number of benzene rings is 2. The highest BCUT2D eigenvalue weighted by Gasteiger charge is 2.36. The Bertz CT molecular complexity index is 1180. The number of amides is 4. The fourth-order valence-electron chi connectivity index (χ4n) is 4.01. The van der Waals surface area contributed by atoms with Gasteiger partial charge in [0.25, 0.3) is 0 Å². The zero-order valence-electron chi connectivity index (χ0n) is 22.0. The largest absolute Gasteiger partial charge is 0.497 e. The van der Waals surface area contributed by atoms with Crippen LogP contribution in [0, 0.1) is 0 Å². The molecule has 0 spiro atoms. The van der Waals surface area contributed by atoms with Gasteiger partial charge >= 0.3 is 18.0 Å². The van der Waals surface area contributed by atoms with Crippen LogP contribution in [0.15, 0.2) is 53.7 Å². The van der Waals surface area contributed by atoms with Gasteiger partial charge < -0.3 is 30.2 Å². The van der Waals surface area contributed by atoms with Gasteiger partial charge in [0.2, 0.25) is 0 Å². The molecule has 0 aromatic heterocycles. The van der Waals surface area contributed by atoms with Crippen LogP contribution in [0.1, 0.15) is 45.7 Å². The molecule has 0 saturated carbocycles. The predicted octanol–water partition coefficient (Wildman–Crippen LogP) is 5.05. The van der Waals surface area contributed by atoms with E-state index in [2.05, 4.69) is 16.0 Å². The van der Waals surface area contributed by atoms with Crippen LogP contribution in [0.3, 0.4) is 0 Å². The van der Waals surface area contributed by atoms with Crippen molar-refractivity contribution < 1.29 is 28.6 Å². The molecule has 0 radical (unpaired) electrons. The highest BCUT2D eigenvalue weighted by atomic mass is 16.5. The molecule has 1 aliphatic heterocycles. The number of rotatable bonds is 9. The van der Waals surface area contributed by atoms with Gasteiger partial charge in [-0.05, 0) is 57.0 Å². The normalized spacial score (nSPS) is 15.3. The number of urea groups is 2. The summed E-state index contributed by atoms with van der Waals surface area (Å²) in [5, 5.41) is 8.43. The minimum Gasteiger partial charge on any atom is -0.497 e. The number of ether oxygens (including phenoxy) is 3. The van der Waals surface area contributed by atoms with Crippen molar-refractivity contribution in [2.24, 2.45) is 0 Å². The lowest BCUT2D eigenvalue weighted by Gasteiger charge is -2.35. The van der Waals surface area contributed by atoms with Gasteiger partial charge in [-0.3, -0.25) is 4.90 Å². The van der Waals surface area contributed by atoms with E-state index in [4.69, 9.17) is 14.2 Å². The van der Waals surface area contributed by atoms with Crippen LogP contribution in [-0.4, -0.2) is 49.8 Å². The van der Waals surface area contributed by atoms with E-state index in [0.29, 0.717) is 46.3 Å². The second-order valence-electron chi connectivity index (χ2n) is 8.75. The van der Waals surface area contributed by atoms with Crippen LogP contribution in [0.25, 0.3) is 0 Å². The average Bonchev–Trinajstić information content (AvgIpc) is 2.86. The van der Waals surface area contributed by atoms with E-state index in [1.807, 2.05) is 6.92 Å². The first kappa shape index (κ1) is 27.4. The first-order valence-electron chi connectivity index (χ1n) is 12.1. The minimum atomic E-state index is -0.682. The molecule has 2 aromatic carbocycles. The Balaban J connectivity index is 1.80. The molecule has 1 aliphatic rings. The summed E-state index contributed by atoms with van der Waals surface area (Å²) >= 11 is 0. The van der Waals surface area contributed by atoms with Gasteiger partial charge in [-0.2, -0.15) is 0 Å². The molecule has 1 atom stereocenters. The van der Waals surface area contributed by atoms with Crippen LogP contribution in [0.2, 0.25) is 0 Å². The fourth-order valence-corrected chi connectivity index (χ4v) is 4.01. The summed E-state index contributed by atoms with van der Waals surface area (Å²) in [6, 6.07) is 10.5. The van der Waals surface area contributed by atoms with Gasteiger partial charge in [0.1, 0.15) is 11.5 Å². The lowest BCUT2D eigenvalue weighted by molar-refractivity contribution is -0.143. The van der Waals surface area contributed by atoms with Crippen LogP contribution >= 0.6 is 0 Å². The van der Waals surface area contributed by atoms with Gasteiger partial charge in [-0.15, -0.1) is 0 Å². The Morgan fingerprint density at radius 3 is 2.35 bits per heavy atom. The van der Waals surface area contributed by atoms with Crippen LogP contribution in [0.4, 0.5) is 21.0 Å². The highest BCUT2D eigenvalue weighted by Crippen LogP contribution is 2.33. The number of anilines is 2. The van der Waals surface area contributed by atoms with Gasteiger partial charge in [-0.25, -0.2) is 14.4 Å². The summed E-state index contributed by atoms with van der Waals surface area (Å²) in [5.74, 6) is 0.582. The summed E-state index contributed by atoms with van der Waals surface area (Å²) < 4.78 is 16.0. The van der Waals surface area contributed by atoms with E-state index in [9.17, 15) is 14.4 Å². The van der Waals surface area contributed by atoms with E-state index in [-0.39, 0.29) is 12.1 Å². The highest BCUT2D eigenvalue weighted by molar-refractivity contribution is 6.01. The summed E-state index contributed by atoms with van der Waals surface area (Å²) in [7, 11) is 3.05. The summed E-state index contributed by atoms with van der Waals surface area (Å²) in [4.78, 5) is 39.9. The number of esters is 1. The average molecular weight is 511 g/mol. The third-order valence-corrected chi connectivity index (χ3v) is 5.76. The first-order valence-corrected chi connectivity index (χ1v) is 12.1. The monoisotopic (exact) mass is 510 g/mol. The SMILES string of the molecule is CCCN1C(=O)NC(c2ccc(NC(=O)Nc3ccc(OC)cc3OC)cc2)C(C(=O)OC(C)C)=C1C. The van der Waals surface area contributed by atoms with Crippen molar-refractivity contribution >= 4 is 29.4 Å². The van der Waals surface area contributed by atoms with Crippen LogP contribution < -0.4 is 25.4 Å². The Morgan fingerprint density at radius 1 is 1.05 bits per heavy atom. The minimum absolute atomic E-state index is 0.277. The number of allylic oxidation sites excluding steroid dienone is 1. The lowest BCUT2D eigenvalue weighted by Crippen LogP contribution is -2.48. The first-order chi connectivity index (χ1) is 17.7. The van der Waals surface area contributed by atoms with Gasteiger partial charge in [0.15, 0.2) is 0 Å². The van der Waals surface area contributed by atoms with E-state index in [1.165, 1.54) is 7.11 Å². The van der Waals surface area contributed by atoms with Crippen molar-refractivity contribution in [1.29, 1.82) is 0 Å². The standard InChI is InChI=1S/C27H34N4O6/c1-7-14-31-17(4)23(25(32)37-16(2)3)24(30-27(31)34)18-8-10-19(11-9-18)28-26(33)29-21-13-12-20(35-5)15-22(21)36-6/h8-13,15-16,24H,7,14H2,1-6H3,(H,30,34)(H2,28,29,33). The van der Waals surface area contributed by atoms with Crippen molar-refractivity contribution in [3.05, 3.63) is 59.3 Å². The van der Waals surface area contributed by atoms with Crippen molar-refractivity contribution in [3.8, 4) is 11.5 Å². The number of carbonyl (C=O) groups is 3. The van der Waals surface area contributed by atoms with E-state index < -0.39 is 18.0 Å². The van der Waals surface area contributed by atoms with Gasteiger partial charge in [-0.1, -0.05) is 19.1 Å². The fraction of sp³-hybridized carbons (Fsp3) is 0.370. The molecule has 10 nitrogen and oxygen atoms in total. The molecule has 10 heteroatoms. The van der Waals surface area contributed by atoms with E-state index in [1.54, 1.807) is 75.2 Å². The molecule has 198 valence electrons. The number of hydrogen-bond donors (Lipinski definition) is 3. The number of nitrogens with one attached hydrogen (secondary N) is 3. The second kappa shape index (κ2) is 12.2.